The Morgan fingerprint density at radius 3 is 2.64 bits per heavy atom. The van der Waals surface area contributed by atoms with Crippen molar-refractivity contribution >= 4 is 28.5 Å². The Kier molecular flexibility index (Phi) is 4.70. The number of methoxy groups -OCH3 is 1. The van der Waals surface area contributed by atoms with Crippen molar-refractivity contribution in [1.29, 1.82) is 0 Å². The van der Waals surface area contributed by atoms with Gasteiger partial charge in [0.05, 0.1) is 23.9 Å². The van der Waals surface area contributed by atoms with E-state index in [4.69, 9.17) is 4.74 Å². The molecule has 0 fully saturated rings. The third-order valence-corrected chi connectivity index (χ3v) is 4.00. The first kappa shape index (κ1) is 16.6. The minimum atomic E-state index is -0.501. The normalized spacial score (nSPS) is 10.6. The second-order valence-electron chi connectivity index (χ2n) is 5.60. The monoisotopic (exact) mass is 338 g/mol. The van der Waals surface area contributed by atoms with Crippen LogP contribution in [-0.4, -0.2) is 28.9 Å². The van der Waals surface area contributed by atoms with E-state index in [0.29, 0.717) is 23.2 Å². The molecule has 0 aliphatic rings. The van der Waals surface area contributed by atoms with Crippen LogP contribution in [0.5, 0.6) is 0 Å². The summed E-state index contributed by atoms with van der Waals surface area (Å²) in [6.45, 7) is 0. The summed E-state index contributed by atoms with van der Waals surface area (Å²) < 4.78 is 5.78. The molecule has 0 aliphatic carbocycles. The molecule has 1 aromatic heterocycles. The summed E-state index contributed by atoms with van der Waals surface area (Å²) in [6.07, 6.45) is 2.31. The molecule has 0 atom stereocenters. The molecule has 2 N–H and O–H groups in total. The number of anilines is 1. The van der Waals surface area contributed by atoms with Crippen LogP contribution in [0.4, 0.5) is 5.69 Å². The van der Waals surface area contributed by atoms with E-state index in [0.717, 1.165) is 15.7 Å². The van der Waals surface area contributed by atoms with Crippen LogP contribution in [0.2, 0.25) is 0 Å². The zero-order valence-corrected chi connectivity index (χ0v) is 13.7. The summed E-state index contributed by atoms with van der Waals surface area (Å²) in [5.74, 6) is -0.717. The number of nitrogens with one attached hydrogen (secondary N) is 1. The maximum Gasteiger partial charge on any atom is 0.339 e. The number of fused-ring (bicyclic) bond motifs is 1. The van der Waals surface area contributed by atoms with Gasteiger partial charge in [-0.25, -0.2) is 4.79 Å². The first-order valence-electron chi connectivity index (χ1n) is 7.85. The lowest BCUT2D eigenvalue weighted by Crippen LogP contribution is -2.15. The molecular formula is C19H18N2O4. The number of benzene rings is 2. The maximum absolute atomic E-state index is 12.3. The van der Waals surface area contributed by atoms with Crippen LogP contribution in [0.3, 0.4) is 0 Å². The molecule has 0 saturated heterocycles. The molecule has 0 aliphatic heterocycles. The number of aryl methyl sites for hydroxylation is 1. The molecule has 0 bridgehead atoms. The fraction of sp³-hybridized carbons (Fsp3) is 0.158. The van der Waals surface area contributed by atoms with E-state index < -0.39 is 5.97 Å². The Hall–Kier alpha value is -3.28. The number of carbonyl (C=O) groups is 2. The van der Waals surface area contributed by atoms with Gasteiger partial charge in [0.2, 0.25) is 5.91 Å². The van der Waals surface area contributed by atoms with Gasteiger partial charge in [-0.2, -0.15) is 4.73 Å². The number of hydrogen-bond donors (Lipinski definition) is 2. The Morgan fingerprint density at radius 2 is 1.84 bits per heavy atom. The summed E-state index contributed by atoms with van der Waals surface area (Å²) in [6, 6.07) is 14.1. The highest BCUT2D eigenvalue weighted by Crippen LogP contribution is 2.22. The Morgan fingerprint density at radius 1 is 1.12 bits per heavy atom. The number of ether oxygens (including phenoxy) is 1. The molecule has 2 aromatic carbocycles. The van der Waals surface area contributed by atoms with Crippen molar-refractivity contribution in [2.24, 2.45) is 0 Å². The number of nitrogens with zero attached hydrogens (tertiary/aromatic N) is 1. The van der Waals surface area contributed by atoms with E-state index in [1.165, 1.54) is 7.11 Å². The SMILES string of the molecule is COC(=O)c1ccccc1NC(=O)CCc1cn(O)c2ccccc12. The molecule has 128 valence electrons. The molecule has 0 saturated carbocycles. The summed E-state index contributed by atoms with van der Waals surface area (Å²) in [4.78, 5) is 24.0. The largest absolute Gasteiger partial charge is 0.465 e. The minimum absolute atomic E-state index is 0.217. The maximum atomic E-state index is 12.3. The van der Waals surface area contributed by atoms with E-state index in [1.54, 1.807) is 30.5 Å². The second kappa shape index (κ2) is 7.09. The van der Waals surface area contributed by atoms with Gasteiger partial charge >= 0.3 is 5.97 Å². The number of carbonyl (C=O) groups excluding carboxylic acids is 2. The van der Waals surface area contributed by atoms with Gasteiger partial charge in [0, 0.05) is 18.0 Å². The quantitative estimate of drug-likeness (QED) is 0.553. The van der Waals surface area contributed by atoms with Crippen molar-refractivity contribution in [2.75, 3.05) is 12.4 Å². The van der Waals surface area contributed by atoms with Gasteiger partial charge in [0.1, 0.15) is 0 Å². The van der Waals surface area contributed by atoms with Crippen molar-refractivity contribution < 1.29 is 19.5 Å². The molecule has 3 rings (SSSR count). The van der Waals surface area contributed by atoms with Crippen molar-refractivity contribution in [3.8, 4) is 0 Å². The molecule has 1 amide bonds. The fourth-order valence-electron chi connectivity index (χ4n) is 2.77. The molecule has 6 heteroatoms. The van der Waals surface area contributed by atoms with Gasteiger partial charge in [0.25, 0.3) is 0 Å². The average molecular weight is 338 g/mol. The van der Waals surface area contributed by atoms with Gasteiger partial charge in [-0.15, -0.1) is 0 Å². The molecule has 3 aromatic rings. The highest BCUT2D eigenvalue weighted by atomic mass is 16.5. The molecule has 6 nitrogen and oxygen atoms in total. The lowest BCUT2D eigenvalue weighted by Gasteiger charge is -2.09. The number of amides is 1. The average Bonchev–Trinajstić information content (AvgIpc) is 2.96. The van der Waals surface area contributed by atoms with Crippen molar-refractivity contribution in [2.45, 2.75) is 12.8 Å². The topological polar surface area (TPSA) is 80.6 Å². The molecule has 1 heterocycles. The van der Waals surface area contributed by atoms with Crippen LogP contribution in [0.1, 0.15) is 22.3 Å². The third kappa shape index (κ3) is 3.47. The number of aromatic nitrogens is 1. The number of esters is 1. The van der Waals surface area contributed by atoms with Crippen LogP contribution in [0.15, 0.2) is 54.7 Å². The molecule has 25 heavy (non-hydrogen) atoms. The smallest absolute Gasteiger partial charge is 0.339 e. The zero-order chi connectivity index (χ0) is 17.8. The highest BCUT2D eigenvalue weighted by molar-refractivity contribution is 6.01. The van der Waals surface area contributed by atoms with Crippen molar-refractivity contribution in [3.05, 3.63) is 65.9 Å². The van der Waals surface area contributed by atoms with E-state index in [1.807, 2.05) is 24.3 Å². The van der Waals surface area contributed by atoms with Gasteiger partial charge in [-0.05, 0) is 30.2 Å². The minimum Gasteiger partial charge on any atom is -0.465 e. The number of hydrogen-bond acceptors (Lipinski definition) is 4. The predicted octanol–water partition coefficient (Wildman–Crippen LogP) is 3.24. The Bertz CT molecular complexity index is 930. The molecule has 0 spiro atoms. The first-order valence-corrected chi connectivity index (χ1v) is 7.85. The summed E-state index contributed by atoms with van der Waals surface area (Å²) in [5.41, 5.74) is 2.32. The summed E-state index contributed by atoms with van der Waals surface area (Å²) in [5, 5.41) is 13.5. The van der Waals surface area contributed by atoms with E-state index in [2.05, 4.69) is 5.32 Å². The summed E-state index contributed by atoms with van der Waals surface area (Å²) in [7, 11) is 1.30. The van der Waals surface area contributed by atoms with Gasteiger partial charge in [0.15, 0.2) is 0 Å². The highest BCUT2D eigenvalue weighted by Gasteiger charge is 2.14. The molecule has 0 unspecified atom stereocenters. The summed E-state index contributed by atoms with van der Waals surface area (Å²) >= 11 is 0. The van der Waals surface area contributed by atoms with Crippen LogP contribution in [-0.2, 0) is 16.0 Å². The predicted molar refractivity (Wildman–Crippen MR) is 93.9 cm³/mol. The fourth-order valence-corrected chi connectivity index (χ4v) is 2.77. The van der Waals surface area contributed by atoms with Gasteiger partial charge in [-0.3, -0.25) is 4.79 Å². The Labute approximate surface area is 144 Å². The van der Waals surface area contributed by atoms with Crippen molar-refractivity contribution in [1.82, 2.24) is 4.73 Å². The standard InChI is InChI=1S/C19H18N2O4/c1-25-19(23)15-7-2-4-8-16(15)20-18(22)11-10-13-12-21(24)17-9-5-3-6-14(13)17/h2-9,12,24H,10-11H2,1H3,(H,20,22). The molecular weight excluding hydrogens is 320 g/mol. The zero-order valence-electron chi connectivity index (χ0n) is 13.7. The van der Waals surface area contributed by atoms with Crippen LogP contribution >= 0.6 is 0 Å². The van der Waals surface area contributed by atoms with E-state index in [-0.39, 0.29) is 12.3 Å². The number of para-hydroxylation sites is 2. The van der Waals surface area contributed by atoms with E-state index >= 15 is 0 Å². The van der Waals surface area contributed by atoms with Gasteiger partial charge in [-0.1, -0.05) is 30.3 Å². The number of rotatable bonds is 5. The lowest BCUT2D eigenvalue weighted by molar-refractivity contribution is -0.116. The molecule has 0 radical (unpaired) electrons. The first-order chi connectivity index (χ1) is 12.1. The van der Waals surface area contributed by atoms with Crippen molar-refractivity contribution in [3.63, 3.8) is 0 Å². The third-order valence-electron chi connectivity index (χ3n) is 4.00. The van der Waals surface area contributed by atoms with E-state index in [9.17, 15) is 14.8 Å². The Balaban J connectivity index is 1.70. The van der Waals surface area contributed by atoms with Crippen LogP contribution in [0, 0.1) is 0 Å². The van der Waals surface area contributed by atoms with Crippen LogP contribution < -0.4 is 5.32 Å². The second-order valence-corrected chi connectivity index (χ2v) is 5.60. The van der Waals surface area contributed by atoms with Gasteiger partial charge < -0.3 is 15.3 Å². The van der Waals surface area contributed by atoms with Crippen LogP contribution in [0.25, 0.3) is 10.9 Å². The lowest BCUT2D eigenvalue weighted by atomic mass is 10.1.